The number of aromatic nitrogens is 3. The number of hydrogen-bond acceptors (Lipinski definition) is 3. The number of likely N-dealkylation sites (tertiary alicyclic amines) is 1. The maximum absolute atomic E-state index is 5.40. The molecule has 1 aliphatic heterocycles. The Balaban J connectivity index is 1.71. The van der Waals surface area contributed by atoms with Crippen LogP contribution < -0.4 is 0 Å². The summed E-state index contributed by atoms with van der Waals surface area (Å²) in [5.74, 6) is 1.76. The van der Waals surface area contributed by atoms with Gasteiger partial charge in [-0.15, -0.1) is 0 Å². The predicted octanol–water partition coefficient (Wildman–Crippen LogP) is 3.34. The molecule has 1 fully saturated rings. The Hall–Kier alpha value is -1.46. The van der Waals surface area contributed by atoms with E-state index in [0.29, 0.717) is 0 Å². The molecule has 3 rings (SSSR count). The zero-order chi connectivity index (χ0) is 14.7. The minimum absolute atomic E-state index is 0.724. The van der Waals surface area contributed by atoms with E-state index in [-0.39, 0.29) is 0 Å². The topological polar surface area (TPSA) is 36.9 Å². The molecule has 2 heterocycles. The highest BCUT2D eigenvalue weighted by atomic mass is 32.1. The molecule has 2 aromatic rings. The number of hydrogen-bond donors (Lipinski definition) is 1. The summed E-state index contributed by atoms with van der Waals surface area (Å²) < 4.78 is 2.87. The summed E-state index contributed by atoms with van der Waals surface area (Å²) in [5.41, 5.74) is 1.12. The van der Waals surface area contributed by atoms with Crippen LogP contribution in [-0.4, -0.2) is 39.8 Å². The zero-order valence-corrected chi connectivity index (χ0v) is 13.3. The second-order valence-corrected chi connectivity index (χ2v) is 6.29. The minimum Gasteiger partial charge on any atom is -0.306 e. The molecule has 0 spiro atoms. The zero-order valence-electron chi connectivity index (χ0n) is 12.5. The maximum Gasteiger partial charge on any atom is 0.195 e. The van der Waals surface area contributed by atoms with Gasteiger partial charge in [-0.1, -0.05) is 30.3 Å². The highest BCUT2D eigenvalue weighted by molar-refractivity contribution is 7.71. The van der Waals surface area contributed by atoms with E-state index >= 15 is 0 Å². The lowest BCUT2D eigenvalue weighted by molar-refractivity contribution is 0.208. The average Bonchev–Trinajstić information content (AvgIpc) is 2.89. The van der Waals surface area contributed by atoms with Gasteiger partial charge >= 0.3 is 0 Å². The number of piperidine rings is 1. The Morgan fingerprint density at radius 2 is 1.95 bits per heavy atom. The second-order valence-electron chi connectivity index (χ2n) is 5.91. The van der Waals surface area contributed by atoms with Crippen LogP contribution in [0.15, 0.2) is 30.3 Å². The monoisotopic (exact) mass is 302 g/mol. The van der Waals surface area contributed by atoms with Gasteiger partial charge in [0.1, 0.15) is 0 Å². The van der Waals surface area contributed by atoms with Gasteiger partial charge in [-0.3, -0.25) is 5.10 Å². The number of benzene rings is 1. The van der Waals surface area contributed by atoms with Crippen molar-refractivity contribution in [3.05, 3.63) is 35.1 Å². The minimum atomic E-state index is 0.724. The molecular weight excluding hydrogens is 280 g/mol. The lowest BCUT2D eigenvalue weighted by Gasteiger charge is -2.29. The van der Waals surface area contributed by atoms with Crippen molar-refractivity contribution in [1.29, 1.82) is 0 Å². The van der Waals surface area contributed by atoms with Crippen LogP contribution in [0.2, 0.25) is 0 Å². The van der Waals surface area contributed by atoms with Crippen molar-refractivity contribution >= 4 is 12.2 Å². The Labute approximate surface area is 130 Å². The van der Waals surface area contributed by atoms with Crippen molar-refractivity contribution in [3.8, 4) is 11.4 Å². The van der Waals surface area contributed by atoms with Crippen LogP contribution in [0.5, 0.6) is 0 Å². The SMILES string of the molecule is CN1CCC(CCn2c(-c3ccccc3)n[nH]c2=S)CC1. The highest BCUT2D eigenvalue weighted by Crippen LogP contribution is 2.22. The van der Waals surface area contributed by atoms with Crippen LogP contribution in [0.1, 0.15) is 19.3 Å². The quantitative estimate of drug-likeness (QED) is 0.880. The molecule has 0 bridgehead atoms. The first-order valence-electron chi connectivity index (χ1n) is 7.63. The van der Waals surface area contributed by atoms with Crippen LogP contribution in [-0.2, 0) is 6.54 Å². The normalized spacial score (nSPS) is 17.2. The fraction of sp³-hybridized carbons (Fsp3) is 0.500. The number of aromatic amines is 1. The summed E-state index contributed by atoms with van der Waals surface area (Å²) in [5, 5.41) is 7.34. The first kappa shape index (κ1) is 14.5. The molecule has 0 atom stereocenters. The van der Waals surface area contributed by atoms with E-state index in [4.69, 9.17) is 12.2 Å². The number of nitrogens with one attached hydrogen (secondary N) is 1. The molecule has 0 unspecified atom stereocenters. The van der Waals surface area contributed by atoms with Crippen LogP contribution in [0, 0.1) is 10.7 Å². The number of nitrogens with zero attached hydrogens (tertiary/aromatic N) is 3. The molecule has 1 aliphatic rings. The summed E-state index contributed by atoms with van der Waals surface area (Å²) >= 11 is 5.40. The molecule has 1 aromatic carbocycles. The second kappa shape index (κ2) is 6.54. The summed E-state index contributed by atoms with van der Waals surface area (Å²) in [6.07, 6.45) is 3.77. The summed E-state index contributed by atoms with van der Waals surface area (Å²) in [4.78, 5) is 2.41. The Morgan fingerprint density at radius 1 is 1.24 bits per heavy atom. The Bertz CT molecular complexity index is 623. The van der Waals surface area contributed by atoms with Gasteiger partial charge in [-0.2, -0.15) is 5.10 Å². The van der Waals surface area contributed by atoms with Gasteiger partial charge in [-0.25, -0.2) is 0 Å². The van der Waals surface area contributed by atoms with E-state index in [2.05, 4.69) is 38.8 Å². The predicted molar refractivity (Wildman–Crippen MR) is 87.7 cm³/mol. The Kier molecular flexibility index (Phi) is 4.51. The fourth-order valence-electron chi connectivity index (χ4n) is 3.00. The van der Waals surface area contributed by atoms with Gasteiger partial charge in [0, 0.05) is 12.1 Å². The van der Waals surface area contributed by atoms with Crippen LogP contribution in [0.3, 0.4) is 0 Å². The molecule has 1 N–H and O–H groups in total. The largest absolute Gasteiger partial charge is 0.306 e. The van der Waals surface area contributed by atoms with Gasteiger partial charge in [-0.05, 0) is 57.5 Å². The van der Waals surface area contributed by atoms with E-state index in [0.717, 1.165) is 28.6 Å². The lowest BCUT2D eigenvalue weighted by Crippen LogP contribution is -2.30. The molecule has 112 valence electrons. The summed E-state index contributed by atoms with van der Waals surface area (Å²) in [7, 11) is 2.20. The standard InChI is InChI=1S/C16H22N4S/c1-19-10-7-13(8-11-19)9-12-20-15(17-18-16(20)21)14-5-3-2-4-6-14/h2-6,13H,7-12H2,1H3,(H,18,21). The summed E-state index contributed by atoms with van der Waals surface area (Å²) in [6.45, 7) is 3.38. The first-order valence-corrected chi connectivity index (χ1v) is 8.04. The third-order valence-electron chi connectivity index (χ3n) is 4.39. The molecule has 0 radical (unpaired) electrons. The molecule has 0 amide bonds. The third kappa shape index (κ3) is 3.41. The number of rotatable bonds is 4. The van der Waals surface area contributed by atoms with Crippen molar-refractivity contribution in [1.82, 2.24) is 19.7 Å². The van der Waals surface area contributed by atoms with E-state index in [1.165, 1.54) is 32.4 Å². The molecular formula is C16H22N4S. The van der Waals surface area contributed by atoms with Crippen molar-refractivity contribution in [2.75, 3.05) is 20.1 Å². The van der Waals surface area contributed by atoms with Crippen LogP contribution in [0.4, 0.5) is 0 Å². The van der Waals surface area contributed by atoms with Gasteiger partial charge in [0.2, 0.25) is 0 Å². The highest BCUT2D eigenvalue weighted by Gasteiger charge is 2.17. The fourth-order valence-corrected chi connectivity index (χ4v) is 3.22. The van der Waals surface area contributed by atoms with E-state index in [1.54, 1.807) is 0 Å². The van der Waals surface area contributed by atoms with Crippen LogP contribution >= 0.6 is 12.2 Å². The lowest BCUT2D eigenvalue weighted by atomic mass is 9.94. The van der Waals surface area contributed by atoms with Gasteiger partial charge in [0.15, 0.2) is 10.6 Å². The molecule has 0 aliphatic carbocycles. The smallest absolute Gasteiger partial charge is 0.195 e. The van der Waals surface area contributed by atoms with E-state index < -0.39 is 0 Å². The maximum atomic E-state index is 5.40. The molecule has 21 heavy (non-hydrogen) atoms. The first-order chi connectivity index (χ1) is 10.2. The molecule has 4 nitrogen and oxygen atoms in total. The van der Waals surface area contributed by atoms with Crippen molar-refractivity contribution in [3.63, 3.8) is 0 Å². The van der Waals surface area contributed by atoms with Gasteiger partial charge < -0.3 is 9.47 Å². The van der Waals surface area contributed by atoms with Crippen LogP contribution in [0.25, 0.3) is 11.4 Å². The van der Waals surface area contributed by atoms with E-state index in [1.807, 2.05) is 18.2 Å². The van der Waals surface area contributed by atoms with Gasteiger partial charge in [0.25, 0.3) is 0 Å². The molecule has 5 heteroatoms. The average molecular weight is 302 g/mol. The number of H-pyrrole nitrogens is 1. The van der Waals surface area contributed by atoms with E-state index in [9.17, 15) is 0 Å². The summed E-state index contributed by atoms with van der Waals surface area (Å²) in [6, 6.07) is 10.3. The van der Waals surface area contributed by atoms with Crippen molar-refractivity contribution < 1.29 is 0 Å². The molecule has 1 aromatic heterocycles. The molecule has 0 saturated carbocycles. The van der Waals surface area contributed by atoms with Crippen molar-refractivity contribution in [2.45, 2.75) is 25.8 Å². The van der Waals surface area contributed by atoms with Crippen molar-refractivity contribution in [2.24, 2.45) is 5.92 Å². The Morgan fingerprint density at radius 3 is 2.67 bits per heavy atom. The van der Waals surface area contributed by atoms with Gasteiger partial charge in [0.05, 0.1) is 0 Å². The molecule has 1 saturated heterocycles. The third-order valence-corrected chi connectivity index (χ3v) is 4.70.